The highest BCUT2D eigenvalue weighted by atomic mass is 32.2. The van der Waals surface area contributed by atoms with E-state index < -0.39 is 0 Å². The fourth-order valence-corrected chi connectivity index (χ4v) is 3.28. The lowest BCUT2D eigenvalue weighted by molar-refractivity contribution is 0.502. The number of nitrogens with one attached hydrogen (secondary N) is 3. The molecule has 1 unspecified atom stereocenters. The van der Waals surface area contributed by atoms with Crippen molar-refractivity contribution in [2.45, 2.75) is 19.0 Å². The fraction of sp³-hybridized carbons (Fsp3) is 0.700. The maximum atomic E-state index is 10.9. The third kappa shape index (κ3) is 3.93. The number of rotatable bonds is 5. The second-order valence-electron chi connectivity index (χ2n) is 3.86. The highest BCUT2D eigenvalue weighted by molar-refractivity contribution is 7.99. The van der Waals surface area contributed by atoms with Crippen molar-refractivity contribution < 1.29 is 0 Å². The Bertz CT molecular complexity index is 357. The van der Waals surface area contributed by atoms with Gasteiger partial charge in [-0.2, -0.15) is 11.8 Å². The zero-order valence-electron chi connectivity index (χ0n) is 9.12. The maximum absolute atomic E-state index is 10.9. The summed E-state index contributed by atoms with van der Waals surface area (Å²) in [6, 6.07) is 0.646. The van der Waals surface area contributed by atoms with Gasteiger partial charge in [-0.15, -0.1) is 0 Å². The second-order valence-corrected chi connectivity index (χ2v) is 5.86. The molecule has 4 nitrogen and oxygen atoms in total. The zero-order valence-corrected chi connectivity index (χ0v) is 10.8. The molecule has 1 fully saturated rings. The van der Waals surface area contributed by atoms with E-state index in [2.05, 4.69) is 15.6 Å². The van der Waals surface area contributed by atoms with Crippen molar-refractivity contribution in [3.05, 3.63) is 20.7 Å². The van der Waals surface area contributed by atoms with Gasteiger partial charge in [-0.25, -0.2) is 0 Å². The first-order valence-electron chi connectivity index (χ1n) is 5.53. The van der Waals surface area contributed by atoms with Crippen LogP contribution in [-0.2, 0) is 6.54 Å². The molecule has 0 aromatic carbocycles. The SMILES string of the molecule is O=c1[nH]c(CNCCC2CSCCN2)cs1. The third-order valence-electron chi connectivity index (χ3n) is 2.55. The van der Waals surface area contributed by atoms with Crippen LogP contribution in [0.15, 0.2) is 10.2 Å². The Labute approximate surface area is 103 Å². The molecule has 6 heteroatoms. The van der Waals surface area contributed by atoms with E-state index >= 15 is 0 Å². The molecule has 90 valence electrons. The van der Waals surface area contributed by atoms with Crippen LogP contribution in [0.5, 0.6) is 0 Å². The normalized spacial score (nSPS) is 21.1. The van der Waals surface area contributed by atoms with Gasteiger partial charge in [0.1, 0.15) is 0 Å². The first-order valence-corrected chi connectivity index (χ1v) is 7.56. The molecule has 1 aliphatic heterocycles. The smallest absolute Gasteiger partial charge is 0.304 e. The van der Waals surface area contributed by atoms with Gasteiger partial charge in [-0.3, -0.25) is 4.79 Å². The number of hydrogen-bond donors (Lipinski definition) is 3. The van der Waals surface area contributed by atoms with E-state index in [0.29, 0.717) is 6.04 Å². The summed E-state index contributed by atoms with van der Waals surface area (Å²) in [4.78, 5) is 13.7. The highest BCUT2D eigenvalue weighted by Gasteiger charge is 2.11. The topological polar surface area (TPSA) is 56.9 Å². The third-order valence-corrected chi connectivity index (χ3v) is 4.40. The molecule has 1 aliphatic rings. The molecule has 2 rings (SSSR count). The molecular formula is C10H17N3OS2. The van der Waals surface area contributed by atoms with E-state index in [4.69, 9.17) is 0 Å². The van der Waals surface area contributed by atoms with Gasteiger partial charge in [0.2, 0.25) is 0 Å². The summed E-state index contributed by atoms with van der Waals surface area (Å²) in [7, 11) is 0. The van der Waals surface area contributed by atoms with Crippen molar-refractivity contribution in [2.24, 2.45) is 0 Å². The Balaban J connectivity index is 1.59. The van der Waals surface area contributed by atoms with Crippen LogP contribution in [0.3, 0.4) is 0 Å². The number of hydrogen-bond acceptors (Lipinski definition) is 5. The molecule has 0 radical (unpaired) electrons. The summed E-state index contributed by atoms with van der Waals surface area (Å²) in [5.41, 5.74) is 0.987. The average Bonchev–Trinajstić information content (AvgIpc) is 2.72. The average molecular weight is 259 g/mol. The molecule has 1 saturated heterocycles. The van der Waals surface area contributed by atoms with Crippen LogP contribution in [0.4, 0.5) is 0 Å². The maximum Gasteiger partial charge on any atom is 0.304 e. The van der Waals surface area contributed by atoms with Crippen molar-refractivity contribution in [2.75, 3.05) is 24.6 Å². The Kier molecular flexibility index (Phi) is 4.90. The fourth-order valence-electron chi connectivity index (χ4n) is 1.71. The predicted molar refractivity (Wildman–Crippen MR) is 70.4 cm³/mol. The highest BCUT2D eigenvalue weighted by Crippen LogP contribution is 2.09. The molecule has 3 N–H and O–H groups in total. The number of thiazole rings is 1. The second kappa shape index (κ2) is 6.44. The molecule has 0 saturated carbocycles. The largest absolute Gasteiger partial charge is 0.315 e. The molecule has 1 aromatic rings. The lowest BCUT2D eigenvalue weighted by Crippen LogP contribution is -2.39. The van der Waals surface area contributed by atoms with Crippen molar-refractivity contribution in [3.8, 4) is 0 Å². The summed E-state index contributed by atoms with van der Waals surface area (Å²) in [6.45, 7) is 2.89. The number of thioether (sulfide) groups is 1. The Hall–Kier alpha value is -0.300. The summed E-state index contributed by atoms with van der Waals surface area (Å²) in [6.07, 6.45) is 1.15. The Morgan fingerprint density at radius 2 is 2.50 bits per heavy atom. The monoisotopic (exact) mass is 259 g/mol. The van der Waals surface area contributed by atoms with Crippen LogP contribution in [0.25, 0.3) is 0 Å². The summed E-state index contributed by atoms with van der Waals surface area (Å²) < 4.78 is 0. The van der Waals surface area contributed by atoms with Gasteiger partial charge >= 0.3 is 4.87 Å². The molecule has 16 heavy (non-hydrogen) atoms. The van der Waals surface area contributed by atoms with Crippen LogP contribution in [0.2, 0.25) is 0 Å². The number of aromatic nitrogens is 1. The molecule has 1 atom stereocenters. The number of H-pyrrole nitrogens is 1. The van der Waals surface area contributed by atoms with Crippen LogP contribution in [0.1, 0.15) is 12.1 Å². The Morgan fingerprint density at radius 1 is 1.56 bits per heavy atom. The van der Waals surface area contributed by atoms with Crippen LogP contribution < -0.4 is 15.5 Å². The van der Waals surface area contributed by atoms with Gasteiger partial charge in [0, 0.05) is 41.7 Å². The first kappa shape index (κ1) is 12.2. The molecule has 0 amide bonds. The molecule has 2 heterocycles. The van der Waals surface area contributed by atoms with Crippen LogP contribution in [-0.4, -0.2) is 35.6 Å². The van der Waals surface area contributed by atoms with E-state index in [1.807, 2.05) is 17.1 Å². The van der Waals surface area contributed by atoms with Crippen LogP contribution in [0, 0.1) is 0 Å². The van der Waals surface area contributed by atoms with E-state index in [0.717, 1.165) is 31.7 Å². The van der Waals surface area contributed by atoms with Gasteiger partial charge in [0.15, 0.2) is 0 Å². The van der Waals surface area contributed by atoms with Gasteiger partial charge < -0.3 is 15.6 Å². The van der Waals surface area contributed by atoms with Gasteiger partial charge in [-0.1, -0.05) is 11.3 Å². The zero-order chi connectivity index (χ0) is 11.2. The quantitative estimate of drug-likeness (QED) is 0.679. The van der Waals surface area contributed by atoms with Crippen LogP contribution >= 0.6 is 23.1 Å². The lowest BCUT2D eigenvalue weighted by Gasteiger charge is -2.23. The van der Waals surface area contributed by atoms with Gasteiger partial charge in [-0.05, 0) is 13.0 Å². The summed E-state index contributed by atoms with van der Waals surface area (Å²) >= 11 is 3.25. The van der Waals surface area contributed by atoms with Crippen molar-refractivity contribution in [1.82, 2.24) is 15.6 Å². The molecular weight excluding hydrogens is 242 g/mol. The minimum absolute atomic E-state index is 0.0298. The van der Waals surface area contributed by atoms with Gasteiger partial charge in [0.25, 0.3) is 0 Å². The standard InChI is InChI=1S/C10H17N3OS2/c14-10-13-9(7-16-10)5-11-2-1-8-6-15-4-3-12-8/h7-8,11-12H,1-6H2,(H,13,14). The van der Waals surface area contributed by atoms with E-state index in [-0.39, 0.29) is 4.87 Å². The predicted octanol–water partition coefficient (Wildman–Crippen LogP) is 0.621. The Morgan fingerprint density at radius 3 is 3.19 bits per heavy atom. The first-order chi connectivity index (χ1) is 7.84. The van der Waals surface area contributed by atoms with Crippen molar-refractivity contribution in [3.63, 3.8) is 0 Å². The molecule has 1 aromatic heterocycles. The molecule has 0 aliphatic carbocycles. The van der Waals surface area contributed by atoms with Crippen molar-refractivity contribution >= 4 is 23.1 Å². The summed E-state index contributed by atoms with van der Waals surface area (Å²) in [5, 5.41) is 8.73. The molecule has 0 bridgehead atoms. The van der Waals surface area contributed by atoms with Gasteiger partial charge in [0.05, 0.1) is 0 Å². The van der Waals surface area contributed by atoms with Crippen molar-refractivity contribution in [1.29, 1.82) is 0 Å². The molecule has 0 spiro atoms. The summed E-state index contributed by atoms with van der Waals surface area (Å²) in [5.74, 6) is 2.46. The lowest BCUT2D eigenvalue weighted by atomic mass is 10.2. The van der Waals surface area contributed by atoms with E-state index in [9.17, 15) is 4.79 Å². The van der Waals surface area contributed by atoms with E-state index in [1.54, 1.807) is 0 Å². The minimum atomic E-state index is 0.0298. The minimum Gasteiger partial charge on any atom is -0.315 e. The van der Waals surface area contributed by atoms with E-state index in [1.165, 1.54) is 22.8 Å². The number of aromatic amines is 1.